The number of fused-ring (bicyclic) bond motifs is 1. The molecule has 0 radical (unpaired) electrons. The van der Waals surface area contributed by atoms with Gasteiger partial charge in [-0.2, -0.15) is 5.10 Å². The Hall–Kier alpha value is -2.70. The van der Waals surface area contributed by atoms with Gasteiger partial charge in [-0.1, -0.05) is 12.1 Å². The quantitative estimate of drug-likeness (QED) is 0.894. The third-order valence-electron chi connectivity index (χ3n) is 3.38. The van der Waals surface area contributed by atoms with Gasteiger partial charge in [-0.25, -0.2) is 4.79 Å². The Morgan fingerprint density at radius 2 is 2.23 bits per heavy atom. The summed E-state index contributed by atoms with van der Waals surface area (Å²) in [7, 11) is 1.73. The van der Waals surface area contributed by atoms with Gasteiger partial charge in [0, 0.05) is 13.2 Å². The van der Waals surface area contributed by atoms with E-state index in [-0.39, 0.29) is 12.1 Å². The molecule has 7 heteroatoms. The summed E-state index contributed by atoms with van der Waals surface area (Å²) in [5, 5.41) is 9.44. The first-order valence-corrected chi connectivity index (χ1v) is 7.08. The molecular weight excluding hydrogens is 284 g/mol. The van der Waals surface area contributed by atoms with Crippen molar-refractivity contribution >= 4 is 6.03 Å². The molecule has 0 fully saturated rings. The first kappa shape index (κ1) is 14.2. The van der Waals surface area contributed by atoms with Crippen LogP contribution in [0.15, 0.2) is 36.5 Å². The number of rotatable bonds is 4. The minimum absolute atomic E-state index is 0.169. The fourth-order valence-corrected chi connectivity index (χ4v) is 2.23. The molecule has 3 rings (SSSR count). The summed E-state index contributed by atoms with van der Waals surface area (Å²) in [6.45, 7) is 1.28. The number of ether oxygens (including phenoxy) is 2. The molecule has 1 unspecified atom stereocenters. The lowest BCUT2D eigenvalue weighted by Crippen LogP contribution is -2.45. The van der Waals surface area contributed by atoms with Crippen LogP contribution in [0.1, 0.15) is 5.69 Å². The highest BCUT2D eigenvalue weighted by molar-refractivity contribution is 5.73. The number of benzene rings is 1. The number of likely N-dealkylation sites (N-methyl/N-ethyl adjacent to an activating group) is 1. The van der Waals surface area contributed by atoms with Crippen LogP contribution in [0.4, 0.5) is 4.79 Å². The van der Waals surface area contributed by atoms with Crippen LogP contribution in [-0.2, 0) is 6.54 Å². The first-order valence-electron chi connectivity index (χ1n) is 7.08. The van der Waals surface area contributed by atoms with Gasteiger partial charge in [-0.15, -0.1) is 0 Å². The van der Waals surface area contributed by atoms with Crippen LogP contribution in [0.25, 0.3) is 0 Å². The first-order chi connectivity index (χ1) is 10.7. The predicted octanol–water partition coefficient (Wildman–Crippen LogP) is 1.39. The molecule has 22 heavy (non-hydrogen) atoms. The predicted molar refractivity (Wildman–Crippen MR) is 79.8 cm³/mol. The topological polar surface area (TPSA) is 79.5 Å². The number of aromatic nitrogens is 2. The van der Waals surface area contributed by atoms with Crippen molar-refractivity contribution in [2.24, 2.45) is 0 Å². The summed E-state index contributed by atoms with van der Waals surface area (Å²) < 4.78 is 11.5. The molecule has 7 nitrogen and oxygen atoms in total. The zero-order valence-corrected chi connectivity index (χ0v) is 12.3. The third-order valence-corrected chi connectivity index (χ3v) is 3.38. The second-order valence-corrected chi connectivity index (χ2v) is 5.12. The lowest BCUT2D eigenvalue weighted by atomic mass is 10.2. The molecule has 1 aromatic heterocycles. The number of hydrogen-bond acceptors (Lipinski definition) is 4. The van der Waals surface area contributed by atoms with Gasteiger partial charge >= 0.3 is 6.03 Å². The molecule has 1 aromatic carbocycles. The van der Waals surface area contributed by atoms with E-state index in [2.05, 4.69) is 15.5 Å². The van der Waals surface area contributed by atoms with Gasteiger partial charge in [0.05, 0.1) is 18.8 Å². The van der Waals surface area contributed by atoms with Crippen LogP contribution in [0, 0.1) is 0 Å². The van der Waals surface area contributed by atoms with Gasteiger partial charge in [-0.3, -0.25) is 5.10 Å². The smallest absolute Gasteiger partial charge is 0.317 e. The van der Waals surface area contributed by atoms with E-state index in [1.807, 2.05) is 30.3 Å². The highest BCUT2D eigenvalue weighted by atomic mass is 16.6. The van der Waals surface area contributed by atoms with Crippen molar-refractivity contribution < 1.29 is 14.3 Å². The van der Waals surface area contributed by atoms with Crippen LogP contribution < -0.4 is 14.8 Å². The molecule has 0 aliphatic carbocycles. The number of H-pyrrole nitrogens is 1. The summed E-state index contributed by atoms with van der Waals surface area (Å²) in [4.78, 5) is 13.6. The Labute approximate surface area is 128 Å². The molecule has 2 N–H and O–H groups in total. The number of amides is 2. The van der Waals surface area contributed by atoms with Gasteiger partial charge in [0.2, 0.25) is 0 Å². The Kier molecular flexibility index (Phi) is 4.13. The maximum absolute atomic E-state index is 12.0. The Bertz CT molecular complexity index is 629. The number of aromatic amines is 1. The highest BCUT2D eigenvalue weighted by Gasteiger charge is 2.23. The number of nitrogens with one attached hydrogen (secondary N) is 2. The summed E-state index contributed by atoms with van der Waals surface area (Å²) in [6, 6.07) is 9.17. The molecular formula is C15H18N4O3. The maximum Gasteiger partial charge on any atom is 0.317 e. The molecule has 116 valence electrons. The molecule has 1 aliphatic heterocycles. The summed E-state index contributed by atoms with van der Waals surface area (Å²) >= 11 is 0. The van der Waals surface area contributed by atoms with Gasteiger partial charge in [0.1, 0.15) is 6.61 Å². The Balaban J connectivity index is 1.49. The van der Waals surface area contributed by atoms with Gasteiger partial charge in [0.25, 0.3) is 0 Å². The van der Waals surface area contributed by atoms with Gasteiger partial charge < -0.3 is 19.7 Å². The van der Waals surface area contributed by atoms with Crippen LogP contribution in [0.3, 0.4) is 0 Å². The second-order valence-electron chi connectivity index (χ2n) is 5.12. The van der Waals surface area contributed by atoms with Crippen LogP contribution >= 0.6 is 0 Å². The summed E-state index contributed by atoms with van der Waals surface area (Å²) in [6.07, 6.45) is 1.47. The Morgan fingerprint density at radius 1 is 1.41 bits per heavy atom. The van der Waals surface area contributed by atoms with E-state index >= 15 is 0 Å². The number of hydrogen-bond donors (Lipinski definition) is 2. The van der Waals surface area contributed by atoms with Crippen LogP contribution in [-0.4, -0.2) is 47.4 Å². The minimum Gasteiger partial charge on any atom is -0.486 e. The van der Waals surface area contributed by atoms with Crippen LogP contribution in [0.2, 0.25) is 0 Å². The molecule has 2 heterocycles. The van der Waals surface area contributed by atoms with Gasteiger partial charge in [0.15, 0.2) is 17.6 Å². The van der Waals surface area contributed by atoms with Crippen molar-refractivity contribution in [2.75, 3.05) is 20.2 Å². The molecule has 1 aliphatic rings. The monoisotopic (exact) mass is 302 g/mol. The number of carbonyl (C=O) groups excluding carboxylic acids is 1. The molecule has 0 bridgehead atoms. The van der Waals surface area contributed by atoms with Crippen molar-refractivity contribution in [3.05, 3.63) is 42.2 Å². The zero-order chi connectivity index (χ0) is 15.4. The lowest BCUT2D eigenvalue weighted by Gasteiger charge is -2.29. The van der Waals surface area contributed by atoms with Crippen molar-refractivity contribution in [1.82, 2.24) is 20.4 Å². The van der Waals surface area contributed by atoms with E-state index < -0.39 is 0 Å². The average Bonchev–Trinajstić information content (AvgIpc) is 3.06. The van der Waals surface area contributed by atoms with Crippen molar-refractivity contribution in [3.8, 4) is 11.5 Å². The molecule has 1 atom stereocenters. The van der Waals surface area contributed by atoms with E-state index in [9.17, 15) is 4.79 Å². The minimum atomic E-state index is -0.183. The molecule has 0 saturated carbocycles. The van der Waals surface area contributed by atoms with Gasteiger partial charge in [-0.05, 0) is 18.2 Å². The van der Waals surface area contributed by atoms with E-state index in [0.717, 1.165) is 11.4 Å². The number of para-hydroxylation sites is 2. The van der Waals surface area contributed by atoms with E-state index in [1.165, 1.54) is 0 Å². The lowest BCUT2D eigenvalue weighted by molar-refractivity contribution is 0.0715. The maximum atomic E-state index is 12.0. The van der Waals surface area contributed by atoms with Crippen molar-refractivity contribution in [1.29, 1.82) is 0 Å². The number of urea groups is 1. The third kappa shape index (κ3) is 3.30. The van der Waals surface area contributed by atoms with E-state index in [1.54, 1.807) is 18.1 Å². The highest BCUT2D eigenvalue weighted by Crippen LogP contribution is 2.30. The summed E-state index contributed by atoms with van der Waals surface area (Å²) in [5.41, 5.74) is 0.855. The molecule has 0 saturated heterocycles. The van der Waals surface area contributed by atoms with E-state index in [0.29, 0.717) is 25.4 Å². The molecule has 0 spiro atoms. The normalized spacial score (nSPS) is 16.1. The van der Waals surface area contributed by atoms with Crippen LogP contribution in [0.5, 0.6) is 11.5 Å². The molecule has 2 amide bonds. The average molecular weight is 302 g/mol. The number of nitrogens with zero attached hydrogens (tertiary/aromatic N) is 2. The largest absolute Gasteiger partial charge is 0.486 e. The molecule has 2 aromatic rings. The number of carbonyl (C=O) groups is 1. The standard InChI is InChI=1S/C15H18N4O3/c1-19(15(20)16-8-11-6-7-17-18-11)9-12-10-21-13-4-2-3-5-14(13)22-12/h2-7,12H,8-10H2,1H3,(H,16,20)(H,17,18). The summed E-state index contributed by atoms with van der Waals surface area (Å²) in [5.74, 6) is 1.45. The van der Waals surface area contributed by atoms with Crippen molar-refractivity contribution in [2.45, 2.75) is 12.6 Å². The fraction of sp³-hybridized carbons (Fsp3) is 0.333. The SMILES string of the molecule is CN(CC1COc2ccccc2O1)C(=O)NCc1ccn[nH]1. The second kappa shape index (κ2) is 6.38. The zero-order valence-electron chi connectivity index (χ0n) is 12.3. The fourth-order valence-electron chi connectivity index (χ4n) is 2.23. The van der Waals surface area contributed by atoms with Crippen molar-refractivity contribution in [3.63, 3.8) is 0 Å². The Morgan fingerprint density at radius 3 is 3.00 bits per heavy atom. The van der Waals surface area contributed by atoms with E-state index in [4.69, 9.17) is 9.47 Å².